The van der Waals surface area contributed by atoms with E-state index >= 15 is 0 Å². The minimum absolute atomic E-state index is 0.329. The van der Waals surface area contributed by atoms with Crippen LogP contribution in [0.15, 0.2) is 111 Å². The van der Waals surface area contributed by atoms with E-state index in [-0.39, 0.29) is 5.91 Å². The van der Waals surface area contributed by atoms with Crippen LogP contribution < -0.4 is 15.7 Å². The number of benzene rings is 4. The molecule has 7 heteroatoms. The summed E-state index contributed by atoms with van der Waals surface area (Å²) in [6.07, 6.45) is 0. The number of para-hydroxylation sites is 3. The van der Waals surface area contributed by atoms with E-state index in [4.69, 9.17) is 13.6 Å². The van der Waals surface area contributed by atoms with E-state index in [2.05, 4.69) is 10.3 Å². The molecule has 2 aromatic heterocycles. The van der Waals surface area contributed by atoms with Gasteiger partial charge >= 0.3 is 5.63 Å². The van der Waals surface area contributed by atoms with E-state index in [0.717, 1.165) is 10.9 Å². The van der Waals surface area contributed by atoms with Crippen LogP contribution >= 0.6 is 0 Å². The Hall–Kier alpha value is -5.17. The summed E-state index contributed by atoms with van der Waals surface area (Å²) in [5.74, 6) is 0.613. The highest BCUT2D eigenvalue weighted by Gasteiger charge is 2.15. The lowest BCUT2D eigenvalue weighted by Gasteiger charge is -2.12. The first kappa shape index (κ1) is 22.3. The fourth-order valence-corrected chi connectivity index (χ4v) is 4.19. The summed E-state index contributed by atoms with van der Waals surface area (Å²) in [4.78, 5) is 30.1. The normalized spacial score (nSPS) is 11.1. The number of methoxy groups -OCH3 is 1. The zero-order valence-corrected chi connectivity index (χ0v) is 19.7. The fourth-order valence-electron chi connectivity index (χ4n) is 4.19. The van der Waals surface area contributed by atoms with Crippen LogP contribution in [0.1, 0.15) is 10.4 Å². The van der Waals surface area contributed by atoms with Gasteiger partial charge in [0.25, 0.3) is 5.91 Å². The second-order valence-electron chi connectivity index (χ2n) is 8.42. The molecule has 0 aliphatic heterocycles. The SMILES string of the molecule is COc1ccc(-c2nc3ccccc3o2)cc1NC(=O)c1ccc(-c2cc3ccccc3oc2=O)cc1. The number of hydrogen-bond acceptors (Lipinski definition) is 6. The van der Waals surface area contributed by atoms with Gasteiger partial charge in [-0.1, -0.05) is 42.5 Å². The molecule has 0 aliphatic rings. The van der Waals surface area contributed by atoms with Crippen molar-refractivity contribution < 1.29 is 18.4 Å². The van der Waals surface area contributed by atoms with E-state index in [0.29, 0.717) is 50.7 Å². The molecule has 6 aromatic rings. The van der Waals surface area contributed by atoms with Gasteiger partial charge in [0.05, 0.1) is 18.4 Å². The van der Waals surface area contributed by atoms with Crippen molar-refractivity contribution in [1.29, 1.82) is 0 Å². The molecule has 0 spiro atoms. The summed E-state index contributed by atoms with van der Waals surface area (Å²) in [5.41, 5.74) is 4.21. The second-order valence-corrected chi connectivity index (χ2v) is 8.42. The van der Waals surface area contributed by atoms with E-state index in [1.165, 1.54) is 7.11 Å². The highest BCUT2D eigenvalue weighted by Crippen LogP contribution is 2.32. The summed E-state index contributed by atoms with van der Waals surface area (Å²) in [7, 11) is 1.54. The molecule has 1 amide bonds. The Kier molecular flexibility index (Phi) is 5.50. The first-order chi connectivity index (χ1) is 18.1. The topological polar surface area (TPSA) is 94.6 Å². The molecule has 0 bridgehead atoms. The van der Waals surface area contributed by atoms with Crippen molar-refractivity contribution >= 4 is 33.7 Å². The first-order valence-electron chi connectivity index (χ1n) is 11.6. The molecule has 0 fully saturated rings. The summed E-state index contributed by atoms with van der Waals surface area (Å²) >= 11 is 0. The number of nitrogens with one attached hydrogen (secondary N) is 1. The van der Waals surface area contributed by atoms with Crippen LogP contribution in [0, 0.1) is 0 Å². The number of fused-ring (bicyclic) bond motifs is 2. The summed E-state index contributed by atoms with van der Waals surface area (Å²) in [5, 5.41) is 3.73. The number of nitrogens with zero attached hydrogens (tertiary/aromatic N) is 1. The third-order valence-electron chi connectivity index (χ3n) is 6.09. The summed E-state index contributed by atoms with van der Waals surface area (Å²) in [6, 6.07) is 28.7. The smallest absolute Gasteiger partial charge is 0.344 e. The molecule has 7 nitrogen and oxygen atoms in total. The minimum Gasteiger partial charge on any atom is -0.495 e. The number of anilines is 1. The van der Waals surface area contributed by atoms with Crippen LogP contribution in [-0.4, -0.2) is 18.0 Å². The van der Waals surface area contributed by atoms with Crippen molar-refractivity contribution in [2.24, 2.45) is 0 Å². The molecule has 180 valence electrons. The highest BCUT2D eigenvalue weighted by molar-refractivity contribution is 6.05. The second kappa shape index (κ2) is 9.13. The van der Waals surface area contributed by atoms with Crippen LogP contribution in [0.5, 0.6) is 5.75 Å². The van der Waals surface area contributed by atoms with Crippen molar-refractivity contribution in [3.05, 3.63) is 113 Å². The van der Waals surface area contributed by atoms with Gasteiger partial charge in [0.15, 0.2) is 5.58 Å². The van der Waals surface area contributed by atoms with Crippen LogP contribution in [0.25, 0.3) is 44.7 Å². The Morgan fingerprint density at radius 2 is 1.54 bits per heavy atom. The minimum atomic E-state index is -0.434. The van der Waals surface area contributed by atoms with Gasteiger partial charge in [-0.3, -0.25) is 4.79 Å². The Labute approximate surface area is 211 Å². The van der Waals surface area contributed by atoms with Crippen LogP contribution in [0.3, 0.4) is 0 Å². The maximum absolute atomic E-state index is 13.1. The number of aromatic nitrogens is 1. The third kappa shape index (κ3) is 4.23. The van der Waals surface area contributed by atoms with Gasteiger partial charge in [-0.2, -0.15) is 0 Å². The van der Waals surface area contributed by atoms with Gasteiger partial charge < -0.3 is 18.9 Å². The Balaban J connectivity index is 1.27. The first-order valence-corrected chi connectivity index (χ1v) is 11.6. The molecule has 0 atom stereocenters. The van der Waals surface area contributed by atoms with Crippen molar-refractivity contribution in [2.75, 3.05) is 12.4 Å². The number of hydrogen-bond donors (Lipinski definition) is 1. The van der Waals surface area contributed by atoms with Gasteiger partial charge in [-0.05, 0) is 60.2 Å². The molecule has 0 radical (unpaired) electrons. The quantitative estimate of drug-likeness (QED) is 0.277. The lowest BCUT2D eigenvalue weighted by molar-refractivity contribution is 0.102. The van der Waals surface area contributed by atoms with Gasteiger partial charge in [-0.25, -0.2) is 9.78 Å². The Morgan fingerprint density at radius 1 is 0.811 bits per heavy atom. The van der Waals surface area contributed by atoms with Crippen LogP contribution in [-0.2, 0) is 0 Å². The van der Waals surface area contributed by atoms with Crippen molar-refractivity contribution in [3.8, 4) is 28.3 Å². The molecule has 0 saturated carbocycles. The van der Waals surface area contributed by atoms with Gasteiger partial charge in [0, 0.05) is 16.5 Å². The number of carbonyl (C=O) groups excluding carboxylic acids is 1. The van der Waals surface area contributed by atoms with Crippen molar-refractivity contribution in [1.82, 2.24) is 4.98 Å². The summed E-state index contributed by atoms with van der Waals surface area (Å²) in [6.45, 7) is 0. The van der Waals surface area contributed by atoms with E-state index in [1.54, 1.807) is 48.5 Å². The average Bonchev–Trinajstić information content (AvgIpc) is 3.37. The number of rotatable bonds is 5. The van der Waals surface area contributed by atoms with Crippen LogP contribution in [0.2, 0.25) is 0 Å². The van der Waals surface area contributed by atoms with E-state index < -0.39 is 5.63 Å². The third-order valence-corrected chi connectivity index (χ3v) is 6.09. The van der Waals surface area contributed by atoms with Gasteiger partial charge in [0.1, 0.15) is 16.8 Å². The predicted octanol–water partition coefficient (Wildman–Crippen LogP) is 6.53. The van der Waals surface area contributed by atoms with Crippen molar-refractivity contribution in [3.63, 3.8) is 0 Å². The molecule has 0 aliphatic carbocycles. The Morgan fingerprint density at radius 3 is 2.32 bits per heavy atom. The molecule has 0 unspecified atom stereocenters. The molecule has 37 heavy (non-hydrogen) atoms. The standard InChI is InChI=1S/C30H20N2O5/c1-35-26-15-14-21(29-32-23-7-3-5-9-27(23)36-29)17-24(26)31-28(33)19-12-10-18(11-13-19)22-16-20-6-2-4-8-25(20)37-30(22)34/h2-17H,1H3,(H,31,33). The number of oxazole rings is 1. The fraction of sp³-hybridized carbons (Fsp3) is 0.0333. The predicted molar refractivity (Wildman–Crippen MR) is 142 cm³/mol. The molecule has 2 heterocycles. The average molecular weight is 488 g/mol. The van der Waals surface area contributed by atoms with E-state index in [9.17, 15) is 9.59 Å². The molecular formula is C30H20N2O5. The zero-order valence-electron chi connectivity index (χ0n) is 19.7. The number of ether oxygens (including phenoxy) is 1. The Bertz CT molecular complexity index is 1800. The van der Waals surface area contributed by atoms with Crippen molar-refractivity contribution in [2.45, 2.75) is 0 Å². The highest BCUT2D eigenvalue weighted by atomic mass is 16.5. The zero-order chi connectivity index (χ0) is 25.4. The van der Waals surface area contributed by atoms with Crippen LogP contribution in [0.4, 0.5) is 5.69 Å². The molecule has 1 N–H and O–H groups in total. The maximum atomic E-state index is 13.1. The number of amides is 1. The lowest BCUT2D eigenvalue weighted by atomic mass is 10.0. The lowest BCUT2D eigenvalue weighted by Crippen LogP contribution is -2.13. The molecule has 0 saturated heterocycles. The van der Waals surface area contributed by atoms with Gasteiger partial charge in [-0.15, -0.1) is 0 Å². The summed E-state index contributed by atoms with van der Waals surface area (Å²) < 4.78 is 16.7. The molecule has 6 rings (SSSR count). The maximum Gasteiger partial charge on any atom is 0.344 e. The monoisotopic (exact) mass is 488 g/mol. The molecule has 4 aromatic carbocycles. The molecular weight excluding hydrogens is 468 g/mol. The van der Waals surface area contributed by atoms with Gasteiger partial charge in [0.2, 0.25) is 5.89 Å². The number of carbonyl (C=O) groups is 1. The largest absolute Gasteiger partial charge is 0.495 e. The van der Waals surface area contributed by atoms with E-state index in [1.807, 2.05) is 48.5 Å².